The van der Waals surface area contributed by atoms with Crippen molar-refractivity contribution in [3.05, 3.63) is 41.5 Å². The highest BCUT2D eigenvalue weighted by Crippen LogP contribution is 2.35. The zero-order chi connectivity index (χ0) is 22.0. The van der Waals surface area contributed by atoms with Gasteiger partial charge in [-0.15, -0.1) is 0 Å². The molecule has 1 amide bonds. The second-order valence-corrected chi connectivity index (χ2v) is 8.87. The van der Waals surface area contributed by atoms with E-state index in [1.807, 2.05) is 46.0 Å². The molecule has 0 radical (unpaired) electrons. The molecular formula is C19H29FN6OS2. The Hall–Kier alpha value is -2.04. The molecule has 0 fully saturated rings. The van der Waals surface area contributed by atoms with Crippen molar-refractivity contribution in [2.24, 2.45) is 10.7 Å². The van der Waals surface area contributed by atoms with Gasteiger partial charge in [-0.1, -0.05) is 25.8 Å². The maximum atomic E-state index is 14.1. The number of carbonyl (C=O) groups excluding carboxylic acids is 1. The number of rotatable bonds is 3. The van der Waals surface area contributed by atoms with Gasteiger partial charge >= 0.3 is 0 Å². The number of anilines is 1. The first-order chi connectivity index (χ1) is 13.7. The van der Waals surface area contributed by atoms with Gasteiger partial charge in [-0.2, -0.15) is 8.75 Å². The summed E-state index contributed by atoms with van der Waals surface area (Å²) in [5, 5.41) is 2.52. The summed E-state index contributed by atoms with van der Waals surface area (Å²) in [6.07, 6.45) is 2.30. The molecule has 1 aliphatic heterocycles. The van der Waals surface area contributed by atoms with Crippen LogP contribution in [-0.4, -0.2) is 43.6 Å². The summed E-state index contributed by atoms with van der Waals surface area (Å²) >= 11 is 2.81. The van der Waals surface area contributed by atoms with Crippen LogP contribution in [0.3, 0.4) is 0 Å². The maximum Gasteiger partial charge on any atom is 0.211 e. The molecule has 0 saturated carbocycles. The van der Waals surface area contributed by atoms with Gasteiger partial charge in [-0.05, 0) is 46.0 Å². The van der Waals surface area contributed by atoms with Crippen molar-refractivity contribution in [1.29, 1.82) is 0 Å². The third kappa shape index (κ3) is 7.71. The lowest BCUT2D eigenvalue weighted by Gasteiger charge is -2.25. The molecule has 0 aliphatic carbocycles. The van der Waals surface area contributed by atoms with E-state index in [9.17, 15) is 9.18 Å². The van der Waals surface area contributed by atoms with Gasteiger partial charge in [-0.25, -0.2) is 4.39 Å². The fourth-order valence-corrected chi connectivity index (χ4v) is 3.98. The lowest BCUT2D eigenvalue weighted by molar-refractivity contribution is -0.105. The van der Waals surface area contributed by atoms with E-state index >= 15 is 0 Å². The summed E-state index contributed by atoms with van der Waals surface area (Å²) in [6, 6.07) is 4.04. The average molecular weight is 441 g/mol. The summed E-state index contributed by atoms with van der Waals surface area (Å²) in [4.78, 5) is 15.0. The van der Waals surface area contributed by atoms with Crippen LogP contribution in [0.25, 0.3) is 0 Å². The molecule has 7 nitrogen and oxygen atoms in total. The van der Waals surface area contributed by atoms with Gasteiger partial charge in [0.2, 0.25) is 6.41 Å². The minimum Gasteiger partial charge on any atom is -0.386 e. The van der Waals surface area contributed by atoms with Crippen LogP contribution in [0.4, 0.5) is 10.1 Å². The van der Waals surface area contributed by atoms with Crippen molar-refractivity contribution in [2.45, 2.75) is 45.4 Å². The van der Waals surface area contributed by atoms with E-state index in [1.54, 1.807) is 24.2 Å². The average Bonchev–Trinajstić information content (AvgIpc) is 3.12. The summed E-state index contributed by atoms with van der Waals surface area (Å²) in [5.74, 6) is 0.126. The van der Waals surface area contributed by atoms with Crippen molar-refractivity contribution >= 4 is 41.6 Å². The first-order valence-corrected chi connectivity index (χ1v) is 10.7. The highest BCUT2D eigenvalue weighted by Gasteiger charge is 2.32. The highest BCUT2D eigenvalue weighted by atomic mass is 32.2. The standard InChI is InChI=1S/C14H19FN4OS.C3H4N2S.C2H6/c1-14(2)13(16)18-12(7-19(3)21-14)10-6-9(17-8-20)4-5-11(10)15;1-3-2-4-6-5-3;1-2/h4-6,8,12H,7H2,1-3H3,(H2,16,18)(H,17,20);2H,1H3;1-2H3. The van der Waals surface area contributed by atoms with Crippen LogP contribution in [-0.2, 0) is 4.79 Å². The monoisotopic (exact) mass is 440 g/mol. The van der Waals surface area contributed by atoms with Crippen molar-refractivity contribution in [1.82, 2.24) is 13.1 Å². The number of halogens is 1. The van der Waals surface area contributed by atoms with E-state index in [2.05, 4.69) is 19.1 Å². The number of nitrogens with two attached hydrogens (primary N) is 1. The number of amidine groups is 1. The lowest BCUT2D eigenvalue weighted by atomic mass is 10.0. The van der Waals surface area contributed by atoms with Crippen LogP contribution in [0, 0.1) is 12.7 Å². The molecule has 3 N–H and O–H groups in total. The topological polar surface area (TPSA) is 96.5 Å². The van der Waals surface area contributed by atoms with Gasteiger partial charge in [-0.3, -0.25) is 14.1 Å². The number of aliphatic imine (C=N–C) groups is 1. The Bertz CT molecular complexity index is 798. The van der Waals surface area contributed by atoms with Crippen molar-refractivity contribution in [2.75, 3.05) is 18.9 Å². The molecule has 29 heavy (non-hydrogen) atoms. The van der Waals surface area contributed by atoms with Crippen molar-refractivity contribution in [3.8, 4) is 0 Å². The van der Waals surface area contributed by atoms with Gasteiger partial charge in [0.1, 0.15) is 11.7 Å². The summed E-state index contributed by atoms with van der Waals surface area (Å²) < 4.78 is 23.4. The van der Waals surface area contributed by atoms with Crippen molar-refractivity contribution in [3.63, 3.8) is 0 Å². The number of aryl methyl sites for hydroxylation is 1. The number of likely N-dealkylation sites (N-methyl/N-ethyl adjacent to an activating group) is 1. The Morgan fingerprint density at radius 3 is 2.59 bits per heavy atom. The zero-order valence-corrected chi connectivity index (χ0v) is 19.3. The number of hydrogen-bond donors (Lipinski definition) is 2. The predicted octanol–water partition coefficient (Wildman–Crippen LogP) is 4.04. The molecule has 1 aliphatic rings. The third-order valence-corrected chi connectivity index (χ3v) is 5.47. The van der Waals surface area contributed by atoms with E-state index in [-0.39, 0.29) is 10.6 Å². The summed E-state index contributed by atoms with van der Waals surface area (Å²) in [6.45, 7) is 10.4. The fourth-order valence-electron chi connectivity index (χ4n) is 2.42. The van der Waals surface area contributed by atoms with Crippen LogP contribution in [0.2, 0.25) is 0 Å². The zero-order valence-electron chi connectivity index (χ0n) is 17.6. The van der Waals surface area contributed by atoms with Crippen LogP contribution in [0.1, 0.15) is 45.0 Å². The molecule has 0 saturated heterocycles. The minimum absolute atomic E-state index is 0.335. The van der Waals surface area contributed by atoms with Crippen molar-refractivity contribution < 1.29 is 9.18 Å². The predicted molar refractivity (Wildman–Crippen MR) is 121 cm³/mol. The molecule has 160 valence electrons. The van der Waals surface area contributed by atoms with E-state index < -0.39 is 6.04 Å². The molecule has 1 unspecified atom stereocenters. The highest BCUT2D eigenvalue weighted by molar-refractivity contribution is 7.99. The lowest BCUT2D eigenvalue weighted by Crippen LogP contribution is -2.36. The number of hydrogen-bond acceptors (Lipinski definition) is 8. The van der Waals surface area contributed by atoms with E-state index in [1.165, 1.54) is 23.9 Å². The quantitative estimate of drug-likeness (QED) is 0.552. The number of aromatic nitrogens is 2. The van der Waals surface area contributed by atoms with Gasteiger partial charge in [0.05, 0.1) is 34.4 Å². The Morgan fingerprint density at radius 2 is 2.07 bits per heavy atom. The number of carbonyl (C=O) groups is 1. The minimum atomic E-state index is -0.405. The number of nitrogens with zero attached hydrogens (tertiary/aromatic N) is 4. The summed E-state index contributed by atoms with van der Waals surface area (Å²) in [5.41, 5.74) is 8.02. The van der Waals surface area contributed by atoms with E-state index in [0.717, 1.165) is 5.69 Å². The second kappa shape index (κ2) is 11.8. The van der Waals surface area contributed by atoms with Gasteiger partial charge in [0.25, 0.3) is 0 Å². The van der Waals surface area contributed by atoms with E-state index in [4.69, 9.17) is 5.73 Å². The first-order valence-electron chi connectivity index (χ1n) is 9.20. The van der Waals surface area contributed by atoms with Crippen LogP contribution in [0.15, 0.2) is 29.4 Å². The maximum absolute atomic E-state index is 14.1. The molecule has 0 bridgehead atoms. The SMILES string of the molecule is CC.CN1CC(c2cc(NC=O)ccc2F)N=C(N)C(C)(C)S1.Cc1cnsn1. The van der Waals surface area contributed by atoms with Gasteiger partial charge < -0.3 is 11.1 Å². The number of nitrogens with one attached hydrogen (secondary N) is 1. The molecule has 2 heterocycles. The second-order valence-electron chi connectivity index (χ2n) is 6.49. The van der Waals surface area contributed by atoms with E-state index in [0.29, 0.717) is 30.0 Å². The number of amides is 1. The Labute approximate surface area is 180 Å². The van der Waals surface area contributed by atoms with Crippen LogP contribution >= 0.6 is 23.7 Å². The molecule has 2 aromatic rings. The largest absolute Gasteiger partial charge is 0.386 e. The molecule has 1 aromatic carbocycles. The Morgan fingerprint density at radius 1 is 1.38 bits per heavy atom. The summed E-state index contributed by atoms with van der Waals surface area (Å²) in [7, 11) is 1.93. The molecule has 1 atom stereocenters. The Kier molecular flexibility index (Phi) is 10.2. The molecular weight excluding hydrogens is 411 g/mol. The molecule has 3 rings (SSSR count). The van der Waals surface area contributed by atoms with Crippen LogP contribution < -0.4 is 11.1 Å². The Balaban J connectivity index is 0.000000442. The number of benzene rings is 1. The van der Waals surface area contributed by atoms with Crippen LogP contribution in [0.5, 0.6) is 0 Å². The fraction of sp³-hybridized carbons (Fsp3) is 0.474. The molecule has 1 aromatic heterocycles. The van der Waals surface area contributed by atoms with Gasteiger partial charge in [0, 0.05) is 17.8 Å². The normalized spacial score (nSPS) is 18.2. The smallest absolute Gasteiger partial charge is 0.211 e. The molecule has 0 spiro atoms. The third-order valence-electron chi connectivity index (χ3n) is 3.78. The van der Waals surface area contributed by atoms with Gasteiger partial charge in [0.15, 0.2) is 0 Å². The molecule has 10 heteroatoms. The first kappa shape index (κ1) is 25.0.